The highest BCUT2D eigenvalue weighted by Gasteiger charge is 2.31. The van der Waals surface area contributed by atoms with Crippen molar-refractivity contribution in [3.8, 4) is 0 Å². The Hall–Kier alpha value is -1.35. The maximum atomic E-state index is 12.8. The maximum Gasteiger partial charge on any atom is 0.425 e. The standard InChI is InChI=1S/C20H32ClN3O4S/c1-20(2,3)28-19(25)24(15-7-6-14-23-12-4-5-13-23)29(26,27)22-16-17-8-10-18(21)11-9-17/h8-11,22H,4-7,12-16H2,1-3H3. The molecule has 1 fully saturated rings. The van der Waals surface area contributed by atoms with E-state index in [2.05, 4.69) is 9.62 Å². The molecule has 1 N–H and O–H groups in total. The molecule has 0 spiro atoms. The second-order valence-corrected chi connectivity index (χ2v) is 10.4. The number of hydrogen-bond donors (Lipinski definition) is 1. The van der Waals surface area contributed by atoms with Crippen LogP contribution in [0.3, 0.4) is 0 Å². The zero-order valence-corrected chi connectivity index (χ0v) is 19.1. The van der Waals surface area contributed by atoms with Gasteiger partial charge in [0.05, 0.1) is 0 Å². The predicted molar refractivity (Wildman–Crippen MR) is 115 cm³/mol. The van der Waals surface area contributed by atoms with E-state index < -0.39 is 21.9 Å². The number of amides is 1. The molecule has 1 aliphatic rings. The molecule has 1 aliphatic heterocycles. The maximum absolute atomic E-state index is 12.8. The van der Waals surface area contributed by atoms with Crippen molar-refractivity contribution in [2.75, 3.05) is 26.2 Å². The van der Waals surface area contributed by atoms with E-state index in [0.717, 1.165) is 35.9 Å². The zero-order valence-electron chi connectivity index (χ0n) is 17.5. The van der Waals surface area contributed by atoms with Crippen LogP contribution in [0.5, 0.6) is 0 Å². The largest absolute Gasteiger partial charge is 0.443 e. The highest BCUT2D eigenvalue weighted by Crippen LogP contribution is 2.15. The first kappa shape index (κ1) is 23.9. The Bertz CT molecular complexity index is 757. The van der Waals surface area contributed by atoms with Gasteiger partial charge < -0.3 is 9.64 Å². The van der Waals surface area contributed by atoms with Crippen LogP contribution in [0.4, 0.5) is 4.79 Å². The Balaban J connectivity index is 1.98. The van der Waals surface area contributed by atoms with E-state index in [0.29, 0.717) is 11.4 Å². The molecule has 164 valence electrons. The van der Waals surface area contributed by atoms with Crippen molar-refractivity contribution >= 4 is 27.9 Å². The molecular formula is C20H32ClN3O4S. The number of unbranched alkanes of at least 4 members (excludes halogenated alkanes) is 1. The van der Waals surface area contributed by atoms with Crippen molar-refractivity contribution in [1.29, 1.82) is 0 Å². The third kappa shape index (κ3) is 8.50. The second-order valence-electron chi connectivity index (χ2n) is 8.26. The van der Waals surface area contributed by atoms with E-state index in [1.165, 1.54) is 12.8 Å². The topological polar surface area (TPSA) is 79.0 Å². The molecule has 0 unspecified atom stereocenters. The summed E-state index contributed by atoms with van der Waals surface area (Å²) in [6, 6.07) is 6.85. The molecular weight excluding hydrogens is 414 g/mol. The molecule has 0 aliphatic carbocycles. The summed E-state index contributed by atoms with van der Waals surface area (Å²) in [6.07, 6.45) is 2.98. The first-order chi connectivity index (χ1) is 13.6. The zero-order chi connectivity index (χ0) is 21.5. The fraction of sp³-hybridized carbons (Fsp3) is 0.650. The van der Waals surface area contributed by atoms with E-state index in [9.17, 15) is 13.2 Å². The summed E-state index contributed by atoms with van der Waals surface area (Å²) in [5, 5.41) is 0.574. The summed E-state index contributed by atoms with van der Waals surface area (Å²) in [7, 11) is -4.04. The van der Waals surface area contributed by atoms with Gasteiger partial charge in [0.1, 0.15) is 5.60 Å². The first-order valence-electron chi connectivity index (χ1n) is 10.0. The lowest BCUT2D eigenvalue weighted by atomic mass is 10.2. The quantitative estimate of drug-likeness (QED) is 0.585. The van der Waals surface area contributed by atoms with Gasteiger partial charge in [0.25, 0.3) is 0 Å². The van der Waals surface area contributed by atoms with Crippen LogP contribution in [-0.2, 0) is 21.5 Å². The summed E-state index contributed by atoms with van der Waals surface area (Å²) < 4.78 is 34.3. The van der Waals surface area contributed by atoms with E-state index in [4.69, 9.17) is 16.3 Å². The Morgan fingerprint density at radius 1 is 1.17 bits per heavy atom. The fourth-order valence-electron chi connectivity index (χ4n) is 3.07. The molecule has 0 radical (unpaired) electrons. The number of carbonyl (C=O) groups excluding carboxylic acids is 1. The van der Waals surface area contributed by atoms with Crippen LogP contribution in [0.25, 0.3) is 0 Å². The van der Waals surface area contributed by atoms with Gasteiger partial charge in [0.2, 0.25) is 0 Å². The monoisotopic (exact) mass is 445 g/mol. The molecule has 0 aromatic heterocycles. The number of likely N-dealkylation sites (tertiary alicyclic amines) is 1. The third-order valence-electron chi connectivity index (χ3n) is 4.54. The minimum absolute atomic E-state index is 0.0621. The van der Waals surface area contributed by atoms with Gasteiger partial charge in [-0.15, -0.1) is 0 Å². The minimum atomic E-state index is -4.04. The lowest BCUT2D eigenvalue weighted by Gasteiger charge is -2.27. The van der Waals surface area contributed by atoms with Crippen LogP contribution in [0.1, 0.15) is 52.0 Å². The van der Waals surface area contributed by atoms with Crippen molar-refractivity contribution in [1.82, 2.24) is 13.9 Å². The SMILES string of the molecule is CC(C)(C)OC(=O)N(CCCCN1CCCC1)S(=O)(=O)NCc1ccc(Cl)cc1. The molecule has 29 heavy (non-hydrogen) atoms. The molecule has 1 aromatic carbocycles. The van der Waals surface area contributed by atoms with Crippen molar-refractivity contribution in [2.24, 2.45) is 0 Å². The number of rotatable bonds is 9. The Labute approximate surface area is 179 Å². The molecule has 0 atom stereocenters. The van der Waals surface area contributed by atoms with Crippen LogP contribution in [0.15, 0.2) is 24.3 Å². The smallest absolute Gasteiger partial charge is 0.425 e. The number of halogens is 1. The van der Waals surface area contributed by atoms with Gasteiger partial charge in [0, 0.05) is 18.1 Å². The van der Waals surface area contributed by atoms with E-state index in [1.807, 2.05) is 0 Å². The summed E-state index contributed by atoms with van der Waals surface area (Å²) >= 11 is 5.86. The lowest BCUT2D eigenvalue weighted by molar-refractivity contribution is 0.0386. The minimum Gasteiger partial charge on any atom is -0.443 e. The average molecular weight is 446 g/mol. The fourth-order valence-corrected chi connectivity index (χ4v) is 4.31. The average Bonchev–Trinajstić information content (AvgIpc) is 3.13. The number of hydrogen-bond acceptors (Lipinski definition) is 5. The molecule has 9 heteroatoms. The van der Waals surface area contributed by atoms with Crippen molar-refractivity contribution in [3.63, 3.8) is 0 Å². The van der Waals surface area contributed by atoms with Crippen molar-refractivity contribution in [3.05, 3.63) is 34.9 Å². The molecule has 1 aromatic rings. The Morgan fingerprint density at radius 2 is 1.79 bits per heavy atom. The molecule has 1 heterocycles. The van der Waals surface area contributed by atoms with Gasteiger partial charge in [-0.3, -0.25) is 0 Å². The molecule has 1 saturated heterocycles. The number of nitrogens with zero attached hydrogens (tertiary/aromatic N) is 2. The van der Waals surface area contributed by atoms with Crippen LogP contribution in [0.2, 0.25) is 5.02 Å². The Morgan fingerprint density at radius 3 is 2.38 bits per heavy atom. The van der Waals surface area contributed by atoms with Gasteiger partial charge in [-0.25, -0.2) is 4.79 Å². The molecule has 7 nitrogen and oxygen atoms in total. The van der Waals surface area contributed by atoms with E-state index in [1.54, 1.807) is 45.0 Å². The summed E-state index contributed by atoms with van der Waals surface area (Å²) in [5.74, 6) is 0. The number of benzene rings is 1. The summed E-state index contributed by atoms with van der Waals surface area (Å²) in [4.78, 5) is 14.9. The van der Waals surface area contributed by atoms with Gasteiger partial charge in [-0.1, -0.05) is 23.7 Å². The van der Waals surface area contributed by atoms with Crippen LogP contribution in [0, 0.1) is 0 Å². The van der Waals surface area contributed by atoms with Crippen LogP contribution < -0.4 is 4.72 Å². The number of nitrogens with one attached hydrogen (secondary N) is 1. The third-order valence-corrected chi connectivity index (χ3v) is 6.22. The summed E-state index contributed by atoms with van der Waals surface area (Å²) in [6.45, 7) is 8.39. The van der Waals surface area contributed by atoms with Gasteiger partial charge >= 0.3 is 16.3 Å². The Kier molecular flexibility index (Phi) is 8.75. The van der Waals surface area contributed by atoms with E-state index in [-0.39, 0.29) is 13.1 Å². The van der Waals surface area contributed by atoms with Crippen LogP contribution >= 0.6 is 11.6 Å². The van der Waals surface area contributed by atoms with Crippen molar-refractivity contribution < 1.29 is 17.9 Å². The van der Waals surface area contributed by atoms with E-state index >= 15 is 0 Å². The second kappa shape index (κ2) is 10.6. The van der Waals surface area contributed by atoms with Gasteiger partial charge in [-0.2, -0.15) is 17.4 Å². The predicted octanol–water partition coefficient (Wildman–Crippen LogP) is 3.79. The van der Waals surface area contributed by atoms with Gasteiger partial charge in [-0.05, 0) is 83.8 Å². The molecule has 1 amide bonds. The van der Waals surface area contributed by atoms with Crippen LogP contribution in [-0.4, -0.2) is 55.5 Å². The number of carbonyl (C=O) groups is 1. The number of ether oxygens (including phenoxy) is 1. The molecule has 0 bridgehead atoms. The normalized spacial score (nSPS) is 15.4. The lowest BCUT2D eigenvalue weighted by Crippen LogP contribution is -2.46. The highest BCUT2D eigenvalue weighted by atomic mass is 35.5. The summed E-state index contributed by atoms with van der Waals surface area (Å²) in [5.41, 5.74) is -0.0347. The van der Waals surface area contributed by atoms with Crippen molar-refractivity contribution in [2.45, 2.75) is 58.6 Å². The van der Waals surface area contributed by atoms with Gasteiger partial charge in [0.15, 0.2) is 0 Å². The molecule has 2 rings (SSSR count). The molecule has 0 saturated carbocycles. The highest BCUT2D eigenvalue weighted by molar-refractivity contribution is 7.87. The first-order valence-corrected chi connectivity index (χ1v) is 11.9.